The number of hydrogen-bond acceptors (Lipinski definition) is 5. The van der Waals surface area contributed by atoms with Gasteiger partial charge in [-0.2, -0.15) is 0 Å². The van der Waals surface area contributed by atoms with Crippen molar-refractivity contribution in [3.63, 3.8) is 0 Å². The number of nitrogens with one attached hydrogen (secondary N) is 1. The number of hydrogen-bond donors (Lipinski definition) is 3. The molecule has 1 aliphatic carbocycles. The molecule has 116 valence electrons. The summed E-state index contributed by atoms with van der Waals surface area (Å²) in [5, 5.41) is 13.3. The van der Waals surface area contributed by atoms with Crippen LogP contribution in [0.1, 0.15) is 12.8 Å². The van der Waals surface area contributed by atoms with Gasteiger partial charge in [-0.3, -0.25) is 14.5 Å². The summed E-state index contributed by atoms with van der Waals surface area (Å²) in [6, 6.07) is 4.62. The van der Waals surface area contributed by atoms with Crippen molar-refractivity contribution in [2.45, 2.75) is 12.8 Å². The lowest BCUT2D eigenvalue weighted by atomic mass is 9.85. The predicted octanol–water partition coefficient (Wildman–Crippen LogP) is 1.86. The number of phenols is 1. The zero-order valence-electron chi connectivity index (χ0n) is 11.8. The number of carbonyl (C=O) groups is 2. The molecular weight excluding hydrogens is 306 g/mol. The Bertz CT molecular complexity index is 674. The van der Waals surface area contributed by atoms with Crippen molar-refractivity contribution < 1.29 is 14.7 Å². The van der Waals surface area contributed by atoms with Gasteiger partial charge in [0.25, 0.3) is 0 Å². The number of anilines is 2. The monoisotopic (exact) mass is 321 g/mol. The van der Waals surface area contributed by atoms with Gasteiger partial charge in [0.2, 0.25) is 11.8 Å². The molecular formula is C15H16ClN3O3. The van der Waals surface area contributed by atoms with Gasteiger partial charge in [-0.05, 0) is 25.0 Å². The second kappa shape index (κ2) is 5.53. The van der Waals surface area contributed by atoms with Crippen LogP contribution in [-0.2, 0) is 9.59 Å². The first-order valence-corrected chi connectivity index (χ1v) is 7.37. The summed E-state index contributed by atoms with van der Waals surface area (Å²) in [6.45, 7) is 0.0137. The lowest BCUT2D eigenvalue weighted by Crippen LogP contribution is -2.35. The van der Waals surface area contributed by atoms with Gasteiger partial charge in [-0.25, -0.2) is 0 Å². The van der Waals surface area contributed by atoms with E-state index in [2.05, 4.69) is 5.32 Å². The van der Waals surface area contributed by atoms with Crippen LogP contribution >= 0.6 is 11.6 Å². The zero-order chi connectivity index (χ0) is 15.9. The number of nitrogens with two attached hydrogens (primary N) is 1. The molecule has 1 aromatic rings. The number of phenolic OH excluding ortho intramolecular Hbond substituents is 1. The zero-order valence-corrected chi connectivity index (χ0v) is 12.5. The third kappa shape index (κ3) is 2.50. The van der Waals surface area contributed by atoms with Gasteiger partial charge < -0.3 is 16.2 Å². The number of nitrogen functional groups attached to an aromatic ring is 1. The quantitative estimate of drug-likeness (QED) is 0.448. The van der Waals surface area contributed by atoms with Crippen LogP contribution < -0.4 is 11.1 Å². The van der Waals surface area contributed by atoms with Crippen LogP contribution in [0.5, 0.6) is 5.75 Å². The van der Waals surface area contributed by atoms with E-state index in [1.54, 1.807) is 18.2 Å². The topological polar surface area (TPSA) is 95.7 Å². The fourth-order valence-corrected chi connectivity index (χ4v) is 3.17. The van der Waals surface area contributed by atoms with Crippen LogP contribution in [0, 0.1) is 11.8 Å². The number of halogens is 1. The molecule has 6 nitrogen and oxygen atoms in total. The fraction of sp³-hybridized carbons (Fsp3) is 0.333. The number of aromatic hydroxyl groups is 1. The number of imide groups is 1. The molecule has 1 fully saturated rings. The standard InChI is InChI=1S/C15H16ClN3O3/c16-8-1-3-10-11(5-8)15(22)19(14(10)21)7-18-12-4-2-9(17)6-13(12)20/h1-2,4,6,10-11,18,20H,3,5,7,17H2/t10-,11-/m0/s1. The van der Waals surface area contributed by atoms with Crippen LogP contribution in [0.25, 0.3) is 0 Å². The Morgan fingerprint density at radius 1 is 1.32 bits per heavy atom. The van der Waals surface area contributed by atoms with E-state index >= 15 is 0 Å². The molecule has 0 spiro atoms. The molecule has 1 heterocycles. The van der Waals surface area contributed by atoms with Crippen molar-refractivity contribution in [1.29, 1.82) is 0 Å². The highest BCUT2D eigenvalue weighted by Gasteiger charge is 2.48. The first kappa shape index (κ1) is 14.7. The van der Waals surface area contributed by atoms with Gasteiger partial charge in [0.1, 0.15) is 5.75 Å². The number of rotatable bonds is 3. The van der Waals surface area contributed by atoms with Gasteiger partial charge in [0.15, 0.2) is 0 Å². The van der Waals surface area contributed by atoms with Gasteiger partial charge in [0, 0.05) is 16.8 Å². The summed E-state index contributed by atoms with van der Waals surface area (Å²) < 4.78 is 0. The highest BCUT2D eigenvalue weighted by atomic mass is 35.5. The first-order chi connectivity index (χ1) is 10.5. The van der Waals surface area contributed by atoms with Crippen molar-refractivity contribution in [2.75, 3.05) is 17.7 Å². The summed E-state index contributed by atoms with van der Waals surface area (Å²) in [4.78, 5) is 25.9. The lowest BCUT2D eigenvalue weighted by Gasteiger charge is -2.17. The van der Waals surface area contributed by atoms with E-state index in [1.807, 2.05) is 0 Å². The van der Waals surface area contributed by atoms with Crippen molar-refractivity contribution in [1.82, 2.24) is 4.90 Å². The molecule has 2 aliphatic rings. The van der Waals surface area contributed by atoms with E-state index in [-0.39, 0.29) is 36.1 Å². The summed E-state index contributed by atoms with van der Waals surface area (Å²) in [6.07, 6.45) is 2.72. The molecule has 4 N–H and O–H groups in total. The summed E-state index contributed by atoms with van der Waals surface area (Å²) in [5.74, 6) is -1.13. The Hall–Kier alpha value is -2.21. The van der Waals surface area contributed by atoms with Gasteiger partial charge in [0.05, 0.1) is 24.2 Å². The van der Waals surface area contributed by atoms with E-state index in [9.17, 15) is 14.7 Å². The minimum Gasteiger partial charge on any atom is -0.506 e. The van der Waals surface area contributed by atoms with Gasteiger partial charge >= 0.3 is 0 Å². The number of amides is 2. The van der Waals surface area contributed by atoms with Gasteiger partial charge in [-0.15, -0.1) is 0 Å². The number of carbonyl (C=O) groups excluding carboxylic acids is 2. The van der Waals surface area contributed by atoms with Gasteiger partial charge in [-0.1, -0.05) is 17.7 Å². The SMILES string of the molecule is Nc1ccc(NCN2C(=O)[C@H]3CC=C(Cl)C[C@@H]3C2=O)c(O)c1. The normalized spacial score (nSPS) is 24.2. The predicted molar refractivity (Wildman–Crippen MR) is 83.0 cm³/mol. The Kier molecular flexibility index (Phi) is 3.70. The van der Waals surface area contributed by atoms with E-state index in [0.717, 1.165) is 0 Å². The Labute approximate surface area is 132 Å². The fourth-order valence-electron chi connectivity index (χ4n) is 2.91. The van der Waals surface area contributed by atoms with E-state index < -0.39 is 0 Å². The van der Waals surface area contributed by atoms with Crippen molar-refractivity contribution >= 4 is 34.8 Å². The Morgan fingerprint density at radius 3 is 2.77 bits per heavy atom. The largest absolute Gasteiger partial charge is 0.506 e. The maximum absolute atomic E-state index is 12.4. The Morgan fingerprint density at radius 2 is 2.05 bits per heavy atom. The first-order valence-electron chi connectivity index (χ1n) is 6.99. The lowest BCUT2D eigenvalue weighted by molar-refractivity contribution is -0.139. The second-order valence-corrected chi connectivity index (χ2v) is 6.01. The second-order valence-electron chi connectivity index (χ2n) is 5.52. The number of allylic oxidation sites excluding steroid dienone is 2. The molecule has 3 rings (SSSR count). The van der Waals surface area contributed by atoms with E-state index in [1.165, 1.54) is 11.0 Å². The van der Waals surface area contributed by atoms with Crippen molar-refractivity contribution in [3.05, 3.63) is 29.3 Å². The minimum atomic E-state index is -0.369. The average molecular weight is 322 g/mol. The maximum atomic E-state index is 12.4. The molecule has 1 saturated heterocycles. The molecule has 0 aromatic heterocycles. The van der Waals surface area contributed by atoms with Crippen LogP contribution in [0.4, 0.5) is 11.4 Å². The molecule has 0 radical (unpaired) electrons. The molecule has 7 heteroatoms. The summed E-state index contributed by atoms with van der Waals surface area (Å²) >= 11 is 5.97. The molecule has 2 atom stereocenters. The van der Waals surface area contributed by atoms with Crippen molar-refractivity contribution in [3.8, 4) is 5.75 Å². The molecule has 0 unspecified atom stereocenters. The number of benzene rings is 1. The minimum absolute atomic E-state index is 0.0137. The summed E-state index contributed by atoms with van der Waals surface area (Å²) in [7, 11) is 0. The maximum Gasteiger partial charge on any atom is 0.234 e. The Balaban J connectivity index is 1.71. The van der Waals surface area contributed by atoms with Crippen LogP contribution in [0.15, 0.2) is 29.3 Å². The molecule has 2 amide bonds. The molecule has 0 bridgehead atoms. The average Bonchev–Trinajstić information content (AvgIpc) is 2.70. The van der Waals surface area contributed by atoms with Crippen LogP contribution in [-0.4, -0.2) is 28.5 Å². The van der Waals surface area contributed by atoms with Crippen LogP contribution in [0.2, 0.25) is 0 Å². The number of likely N-dealkylation sites (tertiary alicyclic amines) is 1. The number of fused-ring (bicyclic) bond motifs is 1. The number of nitrogens with zero attached hydrogens (tertiary/aromatic N) is 1. The molecule has 1 aromatic carbocycles. The third-order valence-electron chi connectivity index (χ3n) is 4.11. The highest BCUT2D eigenvalue weighted by molar-refractivity contribution is 6.30. The molecule has 1 aliphatic heterocycles. The smallest absolute Gasteiger partial charge is 0.234 e. The van der Waals surface area contributed by atoms with E-state index in [0.29, 0.717) is 29.2 Å². The highest BCUT2D eigenvalue weighted by Crippen LogP contribution is 2.38. The molecule has 22 heavy (non-hydrogen) atoms. The van der Waals surface area contributed by atoms with Crippen LogP contribution in [0.3, 0.4) is 0 Å². The summed E-state index contributed by atoms with van der Waals surface area (Å²) in [5.41, 5.74) is 6.41. The molecule has 0 saturated carbocycles. The third-order valence-corrected chi connectivity index (χ3v) is 4.42. The van der Waals surface area contributed by atoms with Crippen molar-refractivity contribution in [2.24, 2.45) is 11.8 Å². The van der Waals surface area contributed by atoms with E-state index in [4.69, 9.17) is 17.3 Å².